The lowest BCUT2D eigenvalue weighted by Gasteiger charge is -2.15. The van der Waals surface area contributed by atoms with Gasteiger partial charge in [0.15, 0.2) is 0 Å². The third-order valence-corrected chi connectivity index (χ3v) is 3.18. The highest BCUT2D eigenvalue weighted by Gasteiger charge is 2.20. The molecule has 1 aromatic carbocycles. The van der Waals surface area contributed by atoms with Gasteiger partial charge in [0.05, 0.1) is 6.07 Å². The van der Waals surface area contributed by atoms with Gasteiger partial charge < -0.3 is 10.0 Å². The van der Waals surface area contributed by atoms with Crippen molar-refractivity contribution in [2.45, 2.75) is 25.7 Å². The lowest BCUT2D eigenvalue weighted by Crippen LogP contribution is -2.30. The molecular weight excluding hydrogens is 268 g/mol. The molecule has 0 saturated heterocycles. The third-order valence-electron chi connectivity index (χ3n) is 3.18. The summed E-state index contributed by atoms with van der Waals surface area (Å²) >= 11 is 0. The first kappa shape index (κ1) is 16.7. The van der Waals surface area contributed by atoms with Crippen LogP contribution in [0.15, 0.2) is 24.3 Å². The van der Waals surface area contributed by atoms with Crippen LogP contribution in [0.1, 0.15) is 24.0 Å². The van der Waals surface area contributed by atoms with E-state index in [4.69, 9.17) is 10.4 Å². The summed E-state index contributed by atoms with van der Waals surface area (Å²) in [6.45, 7) is 0. The fraction of sp³-hybridized carbons (Fsp3) is 0.438. The number of nitrogens with zero attached hydrogens (tertiary/aromatic N) is 2. The zero-order valence-corrected chi connectivity index (χ0v) is 12.4. The van der Waals surface area contributed by atoms with Crippen molar-refractivity contribution in [3.8, 4) is 6.07 Å². The molecule has 0 bridgehead atoms. The van der Waals surface area contributed by atoms with Crippen molar-refractivity contribution in [1.29, 1.82) is 5.26 Å². The second-order valence-electron chi connectivity index (χ2n) is 5.19. The molecule has 0 fully saturated rings. The number of carbonyl (C=O) groups excluding carboxylic acids is 1. The maximum Gasteiger partial charge on any atom is 0.303 e. The van der Waals surface area contributed by atoms with Crippen molar-refractivity contribution < 1.29 is 14.7 Å². The van der Waals surface area contributed by atoms with Gasteiger partial charge in [-0.15, -0.1) is 0 Å². The van der Waals surface area contributed by atoms with Crippen molar-refractivity contribution in [3.05, 3.63) is 35.4 Å². The molecule has 112 valence electrons. The van der Waals surface area contributed by atoms with Gasteiger partial charge in [0.2, 0.25) is 5.91 Å². The van der Waals surface area contributed by atoms with Crippen LogP contribution in [0.25, 0.3) is 0 Å². The molecule has 0 aliphatic carbocycles. The second-order valence-corrected chi connectivity index (χ2v) is 5.19. The Morgan fingerprint density at radius 3 is 2.57 bits per heavy atom. The number of carboxylic acid groups (broad SMARTS) is 1. The first-order valence-corrected chi connectivity index (χ1v) is 6.84. The molecule has 5 heteroatoms. The molecule has 1 amide bonds. The van der Waals surface area contributed by atoms with Gasteiger partial charge in [-0.25, -0.2) is 0 Å². The van der Waals surface area contributed by atoms with Gasteiger partial charge in [0.1, 0.15) is 5.92 Å². The summed E-state index contributed by atoms with van der Waals surface area (Å²) in [6, 6.07) is 9.67. The van der Waals surface area contributed by atoms with Gasteiger partial charge in [0.25, 0.3) is 0 Å². The molecule has 1 aromatic rings. The van der Waals surface area contributed by atoms with Gasteiger partial charge >= 0.3 is 5.97 Å². The maximum atomic E-state index is 11.8. The molecule has 1 rings (SSSR count). The molecule has 0 aliphatic heterocycles. The summed E-state index contributed by atoms with van der Waals surface area (Å²) in [5.41, 5.74) is 1.95. The Hall–Kier alpha value is -2.35. The Morgan fingerprint density at radius 2 is 2.00 bits per heavy atom. The van der Waals surface area contributed by atoms with Crippen molar-refractivity contribution in [2.75, 3.05) is 14.1 Å². The van der Waals surface area contributed by atoms with Crippen LogP contribution >= 0.6 is 0 Å². The van der Waals surface area contributed by atoms with Crippen LogP contribution in [0.5, 0.6) is 0 Å². The van der Waals surface area contributed by atoms with Crippen molar-refractivity contribution in [3.63, 3.8) is 0 Å². The van der Waals surface area contributed by atoms with E-state index in [-0.39, 0.29) is 12.3 Å². The lowest BCUT2D eigenvalue weighted by atomic mass is 9.97. The Bertz CT molecular complexity index is 547. The fourth-order valence-electron chi connectivity index (χ4n) is 2.09. The van der Waals surface area contributed by atoms with Crippen LogP contribution < -0.4 is 0 Å². The number of aryl methyl sites for hydroxylation is 1. The fourth-order valence-corrected chi connectivity index (χ4v) is 2.09. The van der Waals surface area contributed by atoms with Gasteiger partial charge in [-0.1, -0.05) is 24.3 Å². The van der Waals surface area contributed by atoms with Crippen LogP contribution in [0.2, 0.25) is 0 Å². The average Bonchev–Trinajstić information content (AvgIpc) is 2.44. The van der Waals surface area contributed by atoms with Gasteiger partial charge in [-0.05, 0) is 30.4 Å². The minimum Gasteiger partial charge on any atom is -0.481 e. The SMILES string of the molecule is CN(C)C(=O)C(C#N)Cc1cccc(CCCC(=O)O)c1. The van der Waals surface area contributed by atoms with Crippen LogP contribution in [0.3, 0.4) is 0 Å². The van der Waals surface area contributed by atoms with E-state index in [0.29, 0.717) is 19.3 Å². The lowest BCUT2D eigenvalue weighted by molar-refractivity contribution is -0.137. The van der Waals surface area contributed by atoms with E-state index in [1.807, 2.05) is 30.3 Å². The molecule has 1 atom stereocenters. The van der Waals surface area contributed by atoms with E-state index in [0.717, 1.165) is 11.1 Å². The molecule has 0 saturated carbocycles. The third kappa shape index (κ3) is 5.65. The minimum atomic E-state index is -0.799. The normalized spacial score (nSPS) is 11.5. The Kier molecular flexibility index (Phi) is 6.41. The zero-order valence-electron chi connectivity index (χ0n) is 12.4. The molecule has 0 aliphatic rings. The van der Waals surface area contributed by atoms with Crippen molar-refractivity contribution >= 4 is 11.9 Å². The second kappa shape index (κ2) is 8.05. The maximum absolute atomic E-state index is 11.8. The molecule has 0 spiro atoms. The first-order chi connectivity index (χ1) is 9.93. The molecule has 0 radical (unpaired) electrons. The number of benzene rings is 1. The highest BCUT2D eigenvalue weighted by atomic mass is 16.4. The van der Waals surface area contributed by atoms with E-state index in [1.165, 1.54) is 4.90 Å². The smallest absolute Gasteiger partial charge is 0.303 e. The van der Waals surface area contributed by atoms with Crippen LogP contribution in [0.4, 0.5) is 0 Å². The summed E-state index contributed by atoms with van der Waals surface area (Å²) < 4.78 is 0. The van der Waals surface area contributed by atoms with Crippen LogP contribution in [-0.4, -0.2) is 36.0 Å². The molecule has 5 nitrogen and oxygen atoms in total. The number of nitriles is 1. The molecule has 21 heavy (non-hydrogen) atoms. The van der Waals surface area contributed by atoms with Gasteiger partial charge in [0, 0.05) is 20.5 Å². The zero-order chi connectivity index (χ0) is 15.8. The highest BCUT2D eigenvalue weighted by Crippen LogP contribution is 2.14. The summed E-state index contributed by atoms with van der Waals surface area (Å²) in [7, 11) is 3.27. The predicted octanol–water partition coefficient (Wildman–Crippen LogP) is 1.86. The quantitative estimate of drug-likeness (QED) is 0.830. The predicted molar refractivity (Wildman–Crippen MR) is 78.5 cm³/mol. The minimum absolute atomic E-state index is 0.143. The largest absolute Gasteiger partial charge is 0.481 e. The number of aliphatic carboxylic acids is 1. The standard InChI is InChI=1S/C16H20N2O3/c1-18(2)16(21)14(11-17)10-13-7-3-5-12(9-13)6-4-8-15(19)20/h3,5,7,9,14H,4,6,8,10H2,1-2H3,(H,19,20). The number of carboxylic acids is 1. The monoisotopic (exact) mass is 288 g/mol. The van der Waals surface area contributed by atoms with E-state index in [9.17, 15) is 9.59 Å². The average molecular weight is 288 g/mol. The Balaban J connectivity index is 2.69. The highest BCUT2D eigenvalue weighted by molar-refractivity contribution is 5.81. The number of rotatable bonds is 7. The van der Waals surface area contributed by atoms with Gasteiger partial charge in [-0.3, -0.25) is 9.59 Å². The summed E-state index contributed by atoms with van der Waals surface area (Å²) in [6.07, 6.45) is 1.78. The molecule has 1 N–H and O–H groups in total. The summed E-state index contributed by atoms with van der Waals surface area (Å²) in [5.74, 6) is -1.68. The summed E-state index contributed by atoms with van der Waals surface area (Å²) in [5, 5.41) is 17.7. The number of hydrogen-bond acceptors (Lipinski definition) is 3. The van der Waals surface area contributed by atoms with Crippen molar-refractivity contribution in [1.82, 2.24) is 4.90 Å². The summed E-state index contributed by atoms with van der Waals surface area (Å²) in [4.78, 5) is 23.8. The molecular formula is C16H20N2O3. The number of hydrogen-bond donors (Lipinski definition) is 1. The number of amides is 1. The molecule has 0 aromatic heterocycles. The number of carbonyl (C=O) groups is 2. The van der Waals surface area contributed by atoms with E-state index >= 15 is 0 Å². The topological polar surface area (TPSA) is 81.4 Å². The van der Waals surface area contributed by atoms with E-state index in [2.05, 4.69) is 0 Å². The van der Waals surface area contributed by atoms with Crippen LogP contribution in [0, 0.1) is 17.2 Å². The van der Waals surface area contributed by atoms with E-state index in [1.54, 1.807) is 14.1 Å². The van der Waals surface area contributed by atoms with Gasteiger partial charge in [-0.2, -0.15) is 5.26 Å². The van der Waals surface area contributed by atoms with Crippen LogP contribution in [-0.2, 0) is 22.4 Å². The Labute approximate surface area is 124 Å². The van der Waals surface area contributed by atoms with E-state index < -0.39 is 11.9 Å². The van der Waals surface area contributed by atoms with Crippen molar-refractivity contribution in [2.24, 2.45) is 5.92 Å². The Morgan fingerprint density at radius 1 is 1.33 bits per heavy atom. The molecule has 0 heterocycles. The first-order valence-electron chi connectivity index (χ1n) is 6.84. The molecule has 1 unspecified atom stereocenters.